The lowest BCUT2D eigenvalue weighted by atomic mass is 10.2. The number of alkyl halides is 2. The van der Waals surface area contributed by atoms with Crippen LogP contribution in [-0.2, 0) is 0 Å². The maximum atomic E-state index is 5.67. The molecule has 0 aliphatic heterocycles. The van der Waals surface area contributed by atoms with Gasteiger partial charge in [-0.1, -0.05) is 6.42 Å². The zero-order chi connectivity index (χ0) is 6.41. The topological polar surface area (TPSA) is 0 Å². The lowest BCUT2D eigenvalue weighted by molar-refractivity contribution is 0.711. The molecule has 0 radical (unpaired) electrons. The van der Waals surface area contributed by atoms with Crippen molar-refractivity contribution in [3.63, 3.8) is 0 Å². The molecule has 0 fully saturated rings. The van der Waals surface area contributed by atoms with E-state index in [9.17, 15) is 0 Å². The lowest BCUT2D eigenvalue weighted by Crippen LogP contribution is -1.89. The number of hydrogen-bond acceptors (Lipinski definition) is 0. The molecule has 0 rings (SSSR count). The molecule has 0 aliphatic rings. The number of hydrogen-bond donors (Lipinski definition) is 0. The number of unbranched alkanes of at least 4 members (excludes halogenated alkanes) is 1. The summed E-state index contributed by atoms with van der Waals surface area (Å²) in [5.74, 6) is 0.767. The maximum absolute atomic E-state index is 5.67. The quantitative estimate of drug-likeness (QED) is 0.432. The van der Waals surface area contributed by atoms with Gasteiger partial charge in [-0.25, -0.2) is 0 Å². The third-order valence-electron chi connectivity index (χ3n) is 0.986. The third kappa shape index (κ3) is 6.58. The molecule has 50 valence electrons. The van der Waals surface area contributed by atoms with Crippen LogP contribution in [0.3, 0.4) is 0 Å². The first-order valence-corrected chi connectivity index (χ1v) is 3.94. The van der Waals surface area contributed by atoms with Gasteiger partial charge in [-0.15, -0.1) is 23.2 Å². The molecule has 0 aromatic carbocycles. The first kappa shape index (κ1) is 8.58. The molecular weight excluding hydrogens is 143 g/mol. The molecule has 1 atom stereocenters. The van der Waals surface area contributed by atoms with Crippen molar-refractivity contribution in [1.82, 2.24) is 0 Å². The van der Waals surface area contributed by atoms with Crippen molar-refractivity contribution in [3.8, 4) is 0 Å². The molecule has 1 unspecified atom stereocenters. The van der Waals surface area contributed by atoms with Gasteiger partial charge in [0.2, 0.25) is 0 Å². The van der Waals surface area contributed by atoms with E-state index < -0.39 is 0 Å². The molecule has 0 spiro atoms. The highest BCUT2D eigenvalue weighted by atomic mass is 35.5. The summed E-state index contributed by atoms with van der Waals surface area (Å²) < 4.78 is 0. The highest BCUT2D eigenvalue weighted by Crippen LogP contribution is 2.06. The van der Waals surface area contributed by atoms with Crippen LogP contribution in [0.1, 0.15) is 26.2 Å². The van der Waals surface area contributed by atoms with E-state index in [2.05, 4.69) is 0 Å². The summed E-state index contributed by atoms with van der Waals surface area (Å²) in [5, 5.41) is 0.318. The van der Waals surface area contributed by atoms with Gasteiger partial charge in [-0.2, -0.15) is 0 Å². The Morgan fingerprint density at radius 3 is 2.38 bits per heavy atom. The van der Waals surface area contributed by atoms with E-state index in [0.29, 0.717) is 5.38 Å². The molecule has 0 aliphatic carbocycles. The van der Waals surface area contributed by atoms with E-state index in [-0.39, 0.29) is 0 Å². The van der Waals surface area contributed by atoms with Crippen molar-refractivity contribution >= 4 is 23.2 Å². The molecule has 0 saturated heterocycles. The molecular formula is C6H12Cl2. The molecule has 0 amide bonds. The van der Waals surface area contributed by atoms with Crippen LogP contribution in [0.15, 0.2) is 0 Å². The fraction of sp³-hybridized carbons (Fsp3) is 1.00. The molecule has 0 heterocycles. The summed E-state index contributed by atoms with van der Waals surface area (Å²) in [6.07, 6.45) is 3.35. The van der Waals surface area contributed by atoms with Crippen molar-refractivity contribution in [1.29, 1.82) is 0 Å². The van der Waals surface area contributed by atoms with E-state index in [0.717, 1.165) is 25.1 Å². The van der Waals surface area contributed by atoms with Crippen LogP contribution in [0.5, 0.6) is 0 Å². The monoisotopic (exact) mass is 154 g/mol. The fourth-order valence-electron chi connectivity index (χ4n) is 0.520. The summed E-state index contributed by atoms with van der Waals surface area (Å²) in [4.78, 5) is 0. The predicted octanol–water partition coefficient (Wildman–Crippen LogP) is 3.02. The van der Waals surface area contributed by atoms with Gasteiger partial charge in [0.05, 0.1) is 0 Å². The van der Waals surface area contributed by atoms with Crippen molar-refractivity contribution < 1.29 is 0 Å². The largest absolute Gasteiger partial charge is 0.127 e. The summed E-state index contributed by atoms with van der Waals surface area (Å²) in [6, 6.07) is 0. The predicted molar refractivity (Wildman–Crippen MR) is 39.9 cm³/mol. The lowest BCUT2D eigenvalue weighted by Gasteiger charge is -1.98. The molecule has 0 bridgehead atoms. The van der Waals surface area contributed by atoms with E-state index in [4.69, 9.17) is 23.2 Å². The van der Waals surface area contributed by atoms with Gasteiger partial charge in [-0.05, 0) is 19.8 Å². The highest BCUT2D eigenvalue weighted by Gasteiger charge is 1.93. The van der Waals surface area contributed by atoms with Gasteiger partial charge >= 0.3 is 0 Å². The first-order valence-electron chi connectivity index (χ1n) is 2.97. The Bertz CT molecular complexity index is 43.8. The SMILES string of the molecule is CC(Cl)CCCCCl. The van der Waals surface area contributed by atoms with Crippen LogP contribution in [0.25, 0.3) is 0 Å². The Morgan fingerprint density at radius 2 is 2.00 bits per heavy atom. The smallest absolute Gasteiger partial charge is 0.0307 e. The minimum absolute atomic E-state index is 0.318. The average Bonchev–Trinajstić information content (AvgIpc) is 1.66. The number of rotatable bonds is 4. The molecule has 8 heavy (non-hydrogen) atoms. The average molecular weight is 155 g/mol. The maximum Gasteiger partial charge on any atom is 0.0307 e. The van der Waals surface area contributed by atoms with Crippen molar-refractivity contribution in [2.75, 3.05) is 5.88 Å². The van der Waals surface area contributed by atoms with Gasteiger partial charge in [-0.3, -0.25) is 0 Å². The first-order chi connectivity index (χ1) is 3.77. The zero-order valence-electron chi connectivity index (χ0n) is 5.16. The van der Waals surface area contributed by atoms with Gasteiger partial charge in [0.25, 0.3) is 0 Å². The van der Waals surface area contributed by atoms with Crippen molar-refractivity contribution in [2.24, 2.45) is 0 Å². The van der Waals surface area contributed by atoms with Crippen molar-refractivity contribution in [2.45, 2.75) is 31.6 Å². The standard InChI is InChI=1S/C6H12Cl2/c1-6(8)4-2-3-5-7/h6H,2-5H2,1H3. The fourth-order valence-corrected chi connectivity index (χ4v) is 0.863. The molecule has 0 nitrogen and oxygen atoms in total. The van der Waals surface area contributed by atoms with E-state index in [1.54, 1.807) is 0 Å². The summed E-state index contributed by atoms with van der Waals surface area (Å²) in [6.45, 7) is 2.01. The Kier molecular flexibility index (Phi) is 6.13. The Morgan fingerprint density at radius 1 is 1.38 bits per heavy atom. The van der Waals surface area contributed by atoms with Crippen LogP contribution in [-0.4, -0.2) is 11.3 Å². The Hall–Kier alpha value is 0.580. The Labute approximate surface area is 61.2 Å². The minimum Gasteiger partial charge on any atom is -0.127 e. The minimum atomic E-state index is 0.318. The Balaban J connectivity index is 2.72. The molecule has 2 heteroatoms. The normalized spacial score (nSPS) is 13.9. The third-order valence-corrected chi connectivity index (χ3v) is 1.47. The van der Waals surface area contributed by atoms with E-state index >= 15 is 0 Å². The van der Waals surface area contributed by atoms with Gasteiger partial charge < -0.3 is 0 Å². The summed E-state index contributed by atoms with van der Waals surface area (Å²) in [7, 11) is 0. The summed E-state index contributed by atoms with van der Waals surface area (Å²) in [5.41, 5.74) is 0. The second-order valence-corrected chi connectivity index (χ2v) is 3.09. The zero-order valence-corrected chi connectivity index (χ0v) is 6.67. The van der Waals surface area contributed by atoms with Gasteiger partial charge in [0, 0.05) is 11.3 Å². The summed E-state index contributed by atoms with van der Waals surface area (Å²) >= 11 is 11.1. The van der Waals surface area contributed by atoms with E-state index in [1.807, 2.05) is 6.92 Å². The number of halogens is 2. The second-order valence-electron chi connectivity index (χ2n) is 1.97. The van der Waals surface area contributed by atoms with Gasteiger partial charge in [0.15, 0.2) is 0 Å². The van der Waals surface area contributed by atoms with E-state index in [1.165, 1.54) is 0 Å². The molecule has 0 saturated carbocycles. The highest BCUT2D eigenvalue weighted by molar-refractivity contribution is 6.20. The van der Waals surface area contributed by atoms with Crippen molar-refractivity contribution in [3.05, 3.63) is 0 Å². The second kappa shape index (κ2) is 5.71. The van der Waals surface area contributed by atoms with Crippen LogP contribution in [0.2, 0.25) is 0 Å². The van der Waals surface area contributed by atoms with Crippen LogP contribution >= 0.6 is 23.2 Å². The molecule has 0 aromatic heterocycles. The van der Waals surface area contributed by atoms with Crippen LogP contribution in [0.4, 0.5) is 0 Å². The molecule has 0 aromatic rings. The molecule has 0 N–H and O–H groups in total. The van der Waals surface area contributed by atoms with Gasteiger partial charge in [0.1, 0.15) is 0 Å². The van der Waals surface area contributed by atoms with Crippen LogP contribution in [0, 0.1) is 0 Å². The van der Waals surface area contributed by atoms with Crippen LogP contribution < -0.4 is 0 Å².